The van der Waals surface area contributed by atoms with Crippen LogP contribution in [0.5, 0.6) is 0 Å². The summed E-state index contributed by atoms with van der Waals surface area (Å²) in [5.41, 5.74) is 1.43. The predicted molar refractivity (Wildman–Crippen MR) is 61.3 cm³/mol. The molecular formula is C13H19NO2. The molecule has 3 nitrogen and oxygen atoms in total. The van der Waals surface area contributed by atoms with E-state index in [1.165, 1.54) is 17.7 Å². The van der Waals surface area contributed by atoms with E-state index in [9.17, 15) is 0 Å². The molecule has 0 saturated carbocycles. The number of ether oxygens (including phenoxy) is 1. The Hall–Kier alpha value is -0.800. The number of furan rings is 1. The molecular weight excluding hydrogens is 202 g/mol. The average molecular weight is 221 g/mol. The van der Waals surface area contributed by atoms with Crippen LogP contribution in [0.4, 0.5) is 0 Å². The normalized spacial score (nSPS) is 33.9. The fourth-order valence-electron chi connectivity index (χ4n) is 3.08. The van der Waals surface area contributed by atoms with E-state index in [4.69, 9.17) is 9.15 Å². The first-order chi connectivity index (χ1) is 7.78. The summed E-state index contributed by atoms with van der Waals surface area (Å²) in [4.78, 5) is 0. The van der Waals surface area contributed by atoms with E-state index in [-0.39, 0.29) is 5.54 Å². The quantitative estimate of drug-likeness (QED) is 0.830. The van der Waals surface area contributed by atoms with Crippen LogP contribution in [0.15, 0.2) is 16.7 Å². The van der Waals surface area contributed by atoms with Gasteiger partial charge in [0.05, 0.1) is 6.26 Å². The van der Waals surface area contributed by atoms with E-state index in [2.05, 4.69) is 18.3 Å². The molecule has 0 amide bonds. The molecule has 0 aliphatic carbocycles. The van der Waals surface area contributed by atoms with Crippen LogP contribution >= 0.6 is 0 Å². The molecule has 1 saturated heterocycles. The lowest BCUT2D eigenvalue weighted by Crippen LogP contribution is -2.45. The third-order valence-electron chi connectivity index (χ3n) is 3.93. The Morgan fingerprint density at radius 2 is 2.50 bits per heavy atom. The third kappa shape index (κ3) is 1.68. The third-order valence-corrected chi connectivity index (χ3v) is 3.93. The fraction of sp³-hybridized carbons (Fsp3) is 0.692. The molecule has 0 radical (unpaired) electrons. The first-order valence-electron chi connectivity index (χ1n) is 6.17. The minimum absolute atomic E-state index is 0.0823. The highest BCUT2D eigenvalue weighted by Gasteiger charge is 2.36. The standard InChI is InChI=1S/C13H19NO2/c1-13(8-10-3-6-15-9-10)11-4-7-16-12(11)2-5-14-13/h4,7,10,14H,2-3,5-6,8-9H2,1H3. The van der Waals surface area contributed by atoms with Gasteiger partial charge in [0.25, 0.3) is 0 Å². The Labute approximate surface area is 96.2 Å². The van der Waals surface area contributed by atoms with Gasteiger partial charge in [-0.15, -0.1) is 0 Å². The zero-order valence-electron chi connectivity index (χ0n) is 9.79. The van der Waals surface area contributed by atoms with E-state index in [0.29, 0.717) is 5.92 Å². The van der Waals surface area contributed by atoms with Crippen molar-refractivity contribution in [1.82, 2.24) is 5.32 Å². The summed E-state index contributed by atoms with van der Waals surface area (Å²) in [5.74, 6) is 1.86. The van der Waals surface area contributed by atoms with Crippen molar-refractivity contribution in [2.75, 3.05) is 19.8 Å². The molecule has 0 aromatic carbocycles. The molecule has 16 heavy (non-hydrogen) atoms. The molecule has 0 bridgehead atoms. The Morgan fingerprint density at radius 1 is 1.56 bits per heavy atom. The van der Waals surface area contributed by atoms with Crippen LogP contribution in [0, 0.1) is 5.92 Å². The maximum Gasteiger partial charge on any atom is 0.110 e. The molecule has 0 spiro atoms. The van der Waals surface area contributed by atoms with Crippen molar-refractivity contribution in [2.24, 2.45) is 5.92 Å². The van der Waals surface area contributed by atoms with Gasteiger partial charge < -0.3 is 14.5 Å². The zero-order valence-corrected chi connectivity index (χ0v) is 9.79. The van der Waals surface area contributed by atoms with Crippen molar-refractivity contribution >= 4 is 0 Å². The summed E-state index contributed by atoms with van der Waals surface area (Å²) >= 11 is 0. The second-order valence-electron chi connectivity index (χ2n) is 5.20. The molecule has 88 valence electrons. The van der Waals surface area contributed by atoms with Gasteiger partial charge in [-0.25, -0.2) is 0 Å². The maximum absolute atomic E-state index is 5.54. The molecule has 2 aliphatic heterocycles. The lowest BCUT2D eigenvalue weighted by atomic mass is 9.80. The number of fused-ring (bicyclic) bond motifs is 1. The van der Waals surface area contributed by atoms with Gasteiger partial charge in [-0.05, 0) is 31.7 Å². The molecule has 1 fully saturated rings. The molecule has 2 unspecified atom stereocenters. The Morgan fingerprint density at radius 3 is 3.31 bits per heavy atom. The van der Waals surface area contributed by atoms with Gasteiger partial charge in [0.15, 0.2) is 0 Å². The highest BCUT2D eigenvalue weighted by atomic mass is 16.5. The zero-order chi connectivity index (χ0) is 11.0. The van der Waals surface area contributed by atoms with Crippen molar-refractivity contribution in [3.63, 3.8) is 0 Å². The van der Waals surface area contributed by atoms with Crippen molar-refractivity contribution in [3.8, 4) is 0 Å². The van der Waals surface area contributed by atoms with Gasteiger partial charge >= 0.3 is 0 Å². The molecule has 3 heteroatoms. The van der Waals surface area contributed by atoms with Gasteiger partial charge in [-0.1, -0.05) is 0 Å². The lowest BCUT2D eigenvalue weighted by Gasteiger charge is -2.36. The number of rotatable bonds is 2. The first-order valence-corrected chi connectivity index (χ1v) is 6.17. The van der Waals surface area contributed by atoms with Crippen molar-refractivity contribution in [2.45, 2.75) is 31.7 Å². The summed E-state index contributed by atoms with van der Waals surface area (Å²) in [7, 11) is 0. The monoisotopic (exact) mass is 221 g/mol. The second-order valence-corrected chi connectivity index (χ2v) is 5.20. The van der Waals surface area contributed by atoms with Crippen LogP contribution in [-0.2, 0) is 16.7 Å². The molecule has 3 heterocycles. The van der Waals surface area contributed by atoms with Crippen molar-refractivity contribution in [3.05, 3.63) is 23.7 Å². The predicted octanol–water partition coefficient (Wildman–Crippen LogP) is 2.07. The summed E-state index contributed by atoms with van der Waals surface area (Å²) in [6.45, 7) is 5.16. The van der Waals surface area contributed by atoms with Gasteiger partial charge in [-0.3, -0.25) is 0 Å². The van der Waals surface area contributed by atoms with Crippen LogP contribution < -0.4 is 5.32 Å². The molecule has 2 aliphatic rings. The highest BCUT2D eigenvalue weighted by Crippen LogP contribution is 2.36. The van der Waals surface area contributed by atoms with E-state index in [1.807, 2.05) is 6.26 Å². The van der Waals surface area contributed by atoms with Crippen molar-refractivity contribution < 1.29 is 9.15 Å². The first kappa shape index (κ1) is 10.4. The summed E-state index contributed by atoms with van der Waals surface area (Å²) in [6, 6.07) is 2.12. The smallest absolute Gasteiger partial charge is 0.110 e. The lowest BCUT2D eigenvalue weighted by molar-refractivity contribution is 0.171. The molecule has 2 atom stereocenters. The van der Waals surface area contributed by atoms with Gasteiger partial charge in [-0.2, -0.15) is 0 Å². The Balaban J connectivity index is 1.82. The molecule has 1 aromatic rings. The fourth-order valence-corrected chi connectivity index (χ4v) is 3.08. The second kappa shape index (κ2) is 3.90. The molecule has 1 aromatic heterocycles. The van der Waals surface area contributed by atoms with Gasteiger partial charge in [0, 0.05) is 37.3 Å². The summed E-state index contributed by atoms with van der Waals surface area (Å²) in [6.07, 6.45) is 5.18. The number of hydrogen-bond donors (Lipinski definition) is 1. The minimum atomic E-state index is 0.0823. The Bertz CT molecular complexity index is 368. The van der Waals surface area contributed by atoms with Crippen LogP contribution in [-0.4, -0.2) is 19.8 Å². The number of nitrogens with one attached hydrogen (secondary N) is 1. The average Bonchev–Trinajstić information content (AvgIpc) is 2.88. The van der Waals surface area contributed by atoms with E-state index < -0.39 is 0 Å². The van der Waals surface area contributed by atoms with Crippen LogP contribution in [0.3, 0.4) is 0 Å². The largest absolute Gasteiger partial charge is 0.469 e. The van der Waals surface area contributed by atoms with Crippen molar-refractivity contribution in [1.29, 1.82) is 0 Å². The van der Waals surface area contributed by atoms with Crippen LogP contribution in [0.25, 0.3) is 0 Å². The Kier molecular flexibility index (Phi) is 2.52. The van der Waals surface area contributed by atoms with Crippen LogP contribution in [0.2, 0.25) is 0 Å². The topological polar surface area (TPSA) is 34.4 Å². The SMILES string of the molecule is CC1(CC2CCOC2)NCCc2occc21. The minimum Gasteiger partial charge on any atom is -0.469 e. The molecule has 1 N–H and O–H groups in total. The van der Waals surface area contributed by atoms with Gasteiger partial charge in [0.1, 0.15) is 5.76 Å². The maximum atomic E-state index is 5.54. The highest BCUT2D eigenvalue weighted by molar-refractivity contribution is 5.29. The molecule has 3 rings (SSSR count). The van der Waals surface area contributed by atoms with E-state index in [1.54, 1.807) is 0 Å². The summed E-state index contributed by atoms with van der Waals surface area (Å²) < 4.78 is 11.0. The van der Waals surface area contributed by atoms with E-state index >= 15 is 0 Å². The van der Waals surface area contributed by atoms with Gasteiger partial charge in [0.2, 0.25) is 0 Å². The number of hydrogen-bond acceptors (Lipinski definition) is 3. The van der Waals surface area contributed by atoms with Crippen LogP contribution in [0.1, 0.15) is 31.1 Å². The summed E-state index contributed by atoms with van der Waals surface area (Å²) in [5, 5.41) is 3.65. The van der Waals surface area contributed by atoms with E-state index in [0.717, 1.165) is 32.6 Å².